The van der Waals surface area contributed by atoms with Gasteiger partial charge < -0.3 is 10.6 Å². The highest BCUT2D eigenvalue weighted by Gasteiger charge is 2.44. The summed E-state index contributed by atoms with van der Waals surface area (Å²) in [6, 6.07) is 8.44. The SMILES string of the molecule is CCCN(C)CC1(c2ccc(N)cc2)CC1. The highest BCUT2D eigenvalue weighted by atomic mass is 15.1. The molecule has 2 N–H and O–H groups in total. The summed E-state index contributed by atoms with van der Waals surface area (Å²) in [5, 5.41) is 0. The summed E-state index contributed by atoms with van der Waals surface area (Å²) in [6.07, 6.45) is 3.88. The van der Waals surface area contributed by atoms with E-state index in [4.69, 9.17) is 5.73 Å². The summed E-state index contributed by atoms with van der Waals surface area (Å²) in [5.41, 5.74) is 8.48. The molecule has 1 aromatic carbocycles. The zero-order chi connectivity index (χ0) is 11.6. The summed E-state index contributed by atoms with van der Waals surface area (Å²) in [6.45, 7) is 4.61. The summed E-state index contributed by atoms with van der Waals surface area (Å²) in [5.74, 6) is 0. The van der Waals surface area contributed by atoms with Gasteiger partial charge in [0.15, 0.2) is 0 Å². The highest BCUT2D eigenvalue weighted by Crippen LogP contribution is 2.48. The third-order valence-electron chi connectivity index (χ3n) is 3.55. The van der Waals surface area contributed by atoms with Crippen molar-refractivity contribution in [2.75, 3.05) is 25.9 Å². The Bertz CT molecular complexity index is 338. The summed E-state index contributed by atoms with van der Waals surface area (Å²) in [7, 11) is 2.22. The first kappa shape index (κ1) is 11.5. The Morgan fingerprint density at radius 1 is 1.25 bits per heavy atom. The van der Waals surface area contributed by atoms with Gasteiger partial charge in [-0.25, -0.2) is 0 Å². The summed E-state index contributed by atoms with van der Waals surface area (Å²) < 4.78 is 0. The van der Waals surface area contributed by atoms with E-state index in [1.165, 1.54) is 37.9 Å². The second-order valence-corrected chi connectivity index (χ2v) is 5.14. The monoisotopic (exact) mass is 218 g/mol. The average Bonchev–Trinajstić information content (AvgIpc) is 3.00. The number of nitrogens with zero attached hydrogens (tertiary/aromatic N) is 1. The molecule has 0 atom stereocenters. The molecule has 0 spiro atoms. The van der Waals surface area contributed by atoms with Gasteiger partial charge >= 0.3 is 0 Å². The molecule has 1 aliphatic rings. The van der Waals surface area contributed by atoms with Crippen molar-refractivity contribution in [3.63, 3.8) is 0 Å². The quantitative estimate of drug-likeness (QED) is 0.770. The van der Waals surface area contributed by atoms with Crippen LogP contribution in [-0.2, 0) is 5.41 Å². The number of benzene rings is 1. The molecule has 2 nitrogen and oxygen atoms in total. The lowest BCUT2D eigenvalue weighted by molar-refractivity contribution is 0.302. The molecule has 0 unspecified atom stereocenters. The van der Waals surface area contributed by atoms with Crippen molar-refractivity contribution >= 4 is 5.69 Å². The van der Waals surface area contributed by atoms with E-state index in [0.29, 0.717) is 5.41 Å². The fourth-order valence-corrected chi connectivity index (χ4v) is 2.50. The normalized spacial score (nSPS) is 17.7. The predicted octanol–water partition coefficient (Wildman–Crippen LogP) is 2.64. The molecule has 0 aromatic heterocycles. The highest BCUT2D eigenvalue weighted by molar-refractivity contribution is 5.43. The standard InChI is InChI=1S/C14H22N2/c1-3-10-16(2)11-14(8-9-14)12-4-6-13(15)7-5-12/h4-7H,3,8-11,15H2,1-2H3. The predicted molar refractivity (Wildman–Crippen MR) is 69.6 cm³/mol. The molecule has 1 fully saturated rings. The molecule has 2 heteroatoms. The van der Waals surface area contributed by atoms with Crippen LogP contribution in [0.3, 0.4) is 0 Å². The van der Waals surface area contributed by atoms with E-state index in [9.17, 15) is 0 Å². The molecule has 0 radical (unpaired) electrons. The molecule has 0 bridgehead atoms. The second-order valence-electron chi connectivity index (χ2n) is 5.14. The molecule has 0 heterocycles. The van der Waals surface area contributed by atoms with E-state index in [1.807, 2.05) is 12.1 Å². The molecular weight excluding hydrogens is 196 g/mol. The maximum atomic E-state index is 5.73. The maximum Gasteiger partial charge on any atom is 0.0314 e. The van der Waals surface area contributed by atoms with Crippen molar-refractivity contribution in [3.05, 3.63) is 29.8 Å². The largest absolute Gasteiger partial charge is 0.399 e. The molecule has 2 rings (SSSR count). The van der Waals surface area contributed by atoms with Crippen molar-refractivity contribution in [3.8, 4) is 0 Å². The van der Waals surface area contributed by atoms with Crippen molar-refractivity contribution in [1.82, 2.24) is 4.90 Å². The summed E-state index contributed by atoms with van der Waals surface area (Å²) >= 11 is 0. The van der Waals surface area contributed by atoms with Crippen LogP contribution in [0.2, 0.25) is 0 Å². The fraction of sp³-hybridized carbons (Fsp3) is 0.571. The zero-order valence-electron chi connectivity index (χ0n) is 10.4. The topological polar surface area (TPSA) is 29.3 Å². The zero-order valence-corrected chi connectivity index (χ0v) is 10.4. The number of hydrogen-bond acceptors (Lipinski definition) is 2. The van der Waals surface area contributed by atoms with Crippen molar-refractivity contribution in [2.24, 2.45) is 0 Å². The summed E-state index contributed by atoms with van der Waals surface area (Å²) in [4.78, 5) is 2.45. The van der Waals surface area contributed by atoms with Crippen molar-refractivity contribution < 1.29 is 0 Å². The van der Waals surface area contributed by atoms with Crippen LogP contribution in [0.1, 0.15) is 31.7 Å². The van der Waals surface area contributed by atoms with E-state index in [0.717, 1.165) is 5.69 Å². The third-order valence-corrected chi connectivity index (χ3v) is 3.55. The Kier molecular flexibility index (Phi) is 3.20. The number of likely N-dealkylation sites (N-methyl/N-ethyl adjacent to an activating group) is 1. The fourth-order valence-electron chi connectivity index (χ4n) is 2.50. The van der Waals surface area contributed by atoms with Gasteiger partial charge in [0.2, 0.25) is 0 Å². The van der Waals surface area contributed by atoms with Crippen molar-refractivity contribution in [2.45, 2.75) is 31.6 Å². The minimum atomic E-state index is 0.428. The number of hydrogen-bond donors (Lipinski definition) is 1. The smallest absolute Gasteiger partial charge is 0.0314 e. The van der Waals surface area contributed by atoms with Gasteiger partial charge in [-0.05, 0) is 50.6 Å². The number of anilines is 1. The van der Waals surface area contributed by atoms with Crippen LogP contribution in [0.25, 0.3) is 0 Å². The van der Waals surface area contributed by atoms with Crippen molar-refractivity contribution in [1.29, 1.82) is 0 Å². The van der Waals surface area contributed by atoms with E-state index < -0.39 is 0 Å². The minimum Gasteiger partial charge on any atom is -0.399 e. The Labute approximate surface area is 98.4 Å². The molecular formula is C14H22N2. The molecule has 1 aromatic rings. The van der Waals surface area contributed by atoms with E-state index >= 15 is 0 Å². The Hall–Kier alpha value is -1.02. The third kappa shape index (κ3) is 2.38. The van der Waals surface area contributed by atoms with E-state index in [2.05, 4.69) is 31.0 Å². The van der Waals surface area contributed by atoms with Gasteiger partial charge in [-0.3, -0.25) is 0 Å². The van der Waals surface area contributed by atoms with Gasteiger partial charge in [-0.1, -0.05) is 19.1 Å². The van der Waals surface area contributed by atoms with Crippen LogP contribution in [0.5, 0.6) is 0 Å². The number of rotatable bonds is 5. The number of nitrogen functional groups attached to an aromatic ring is 1. The maximum absolute atomic E-state index is 5.73. The lowest BCUT2D eigenvalue weighted by Gasteiger charge is -2.23. The Balaban J connectivity index is 2.05. The molecule has 0 amide bonds. The molecule has 0 aliphatic heterocycles. The van der Waals surface area contributed by atoms with Crippen LogP contribution in [0, 0.1) is 0 Å². The van der Waals surface area contributed by atoms with Crippen LogP contribution in [0.15, 0.2) is 24.3 Å². The molecule has 0 saturated heterocycles. The second kappa shape index (κ2) is 4.46. The lowest BCUT2D eigenvalue weighted by atomic mass is 9.95. The Morgan fingerprint density at radius 2 is 1.88 bits per heavy atom. The van der Waals surface area contributed by atoms with Crippen LogP contribution in [-0.4, -0.2) is 25.0 Å². The van der Waals surface area contributed by atoms with Crippen LogP contribution in [0.4, 0.5) is 5.69 Å². The minimum absolute atomic E-state index is 0.428. The van der Waals surface area contributed by atoms with Gasteiger partial charge in [0.05, 0.1) is 0 Å². The van der Waals surface area contributed by atoms with Gasteiger partial charge in [0, 0.05) is 17.6 Å². The molecule has 16 heavy (non-hydrogen) atoms. The first-order valence-corrected chi connectivity index (χ1v) is 6.21. The number of nitrogens with two attached hydrogens (primary N) is 1. The lowest BCUT2D eigenvalue weighted by Crippen LogP contribution is -2.29. The first-order chi connectivity index (χ1) is 7.66. The van der Waals surface area contributed by atoms with Gasteiger partial charge in [0.1, 0.15) is 0 Å². The van der Waals surface area contributed by atoms with E-state index in [-0.39, 0.29) is 0 Å². The molecule has 1 aliphatic carbocycles. The average molecular weight is 218 g/mol. The van der Waals surface area contributed by atoms with Gasteiger partial charge in [-0.15, -0.1) is 0 Å². The Morgan fingerprint density at radius 3 is 2.38 bits per heavy atom. The van der Waals surface area contributed by atoms with Crippen LogP contribution >= 0.6 is 0 Å². The van der Waals surface area contributed by atoms with Gasteiger partial charge in [0.25, 0.3) is 0 Å². The van der Waals surface area contributed by atoms with Gasteiger partial charge in [-0.2, -0.15) is 0 Å². The van der Waals surface area contributed by atoms with Crippen LogP contribution < -0.4 is 5.73 Å². The molecule has 88 valence electrons. The first-order valence-electron chi connectivity index (χ1n) is 6.21. The molecule has 1 saturated carbocycles. The van der Waals surface area contributed by atoms with E-state index in [1.54, 1.807) is 0 Å².